The van der Waals surface area contributed by atoms with Gasteiger partial charge >= 0.3 is 0 Å². The maximum absolute atomic E-state index is 13.4. The Labute approximate surface area is 180 Å². The van der Waals surface area contributed by atoms with Crippen molar-refractivity contribution in [2.24, 2.45) is 0 Å². The third kappa shape index (κ3) is 4.83. The summed E-state index contributed by atoms with van der Waals surface area (Å²) in [5.41, 5.74) is 1.68. The number of hydrogen-bond acceptors (Lipinski definition) is 5. The zero-order chi connectivity index (χ0) is 20.1. The Bertz CT molecular complexity index is 1070. The Hall–Kier alpha value is -2.71. The number of thioether (sulfide) groups is 1. The molecule has 8 heteroatoms. The molecule has 0 radical (unpaired) electrons. The van der Waals surface area contributed by atoms with Gasteiger partial charge in [-0.25, -0.2) is 4.39 Å². The second-order valence-corrected chi connectivity index (χ2v) is 7.98. The van der Waals surface area contributed by atoms with Crippen molar-refractivity contribution in [3.63, 3.8) is 0 Å². The van der Waals surface area contributed by atoms with Crippen molar-refractivity contribution in [2.75, 3.05) is 12.4 Å². The van der Waals surface area contributed by atoms with Gasteiger partial charge in [-0.2, -0.15) is 0 Å². The number of pyridine rings is 1. The van der Waals surface area contributed by atoms with Gasteiger partial charge in [0.05, 0.1) is 6.61 Å². The Morgan fingerprint density at radius 2 is 1.66 bits per heavy atom. The summed E-state index contributed by atoms with van der Waals surface area (Å²) in [6, 6.07) is 17.7. The van der Waals surface area contributed by atoms with Gasteiger partial charge < -0.3 is 4.74 Å². The van der Waals surface area contributed by atoms with Gasteiger partial charge in [0.15, 0.2) is 11.0 Å². The van der Waals surface area contributed by atoms with Crippen LogP contribution in [-0.4, -0.2) is 32.1 Å². The van der Waals surface area contributed by atoms with Gasteiger partial charge in [-0.05, 0) is 60.7 Å². The van der Waals surface area contributed by atoms with E-state index in [2.05, 4.69) is 31.1 Å². The van der Waals surface area contributed by atoms with E-state index in [4.69, 9.17) is 4.74 Å². The van der Waals surface area contributed by atoms with Crippen LogP contribution < -0.4 is 4.74 Å². The van der Waals surface area contributed by atoms with Crippen molar-refractivity contribution < 1.29 is 9.13 Å². The minimum atomic E-state index is -0.288. The van der Waals surface area contributed by atoms with Crippen LogP contribution in [0, 0.1) is 5.82 Å². The van der Waals surface area contributed by atoms with E-state index in [1.165, 1.54) is 23.9 Å². The van der Waals surface area contributed by atoms with Crippen LogP contribution in [0.2, 0.25) is 0 Å². The second kappa shape index (κ2) is 9.19. The number of hydrogen-bond donors (Lipinski definition) is 0. The Morgan fingerprint density at radius 3 is 2.38 bits per heavy atom. The zero-order valence-electron chi connectivity index (χ0n) is 15.2. The maximum Gasteiger partial charge on any atom is 0.196 e. The lowest BCUT2D eigenvalue weighted by molar-refractivity contribution is 0.344. The molecule has 0 bridgehead atoms. The fourth-order valence-corrected chi connectivity index (χ4v) is 3.73. The van der Waals surface area contributed by atoms with E-state index < -0.39 is 0 Å². The van der Waals surface area contributed by atoms with E-state index in [-0.39, 0.29) is 5.82 Å². The van der Waals surface area contributed by atoms with Gasteiger partial charge in [-0.3, -0.25) is 9.55 Å². The number of benzene rings is 2. The number of nitrogens with zero attached hydrogens (tertiary/aromatic N) is 4. The predicted octanol–water partition coefficient (Wildman–Crippen LogP) is 5.40. The molecule has 0 aliphatic heterocycles. The van der Waals surface area contributed by atoms with Crippen molar-refractivity contribution in [1.82, 2.24) is 19.7 Å². The number of rotatable bonds is 7. The summed E-state index contributed by atoms with van der Waals surface area (Å²) < 4.78 is 22.1. The molecule has 0 aliphatic carbocycles. The minimum absolute atomic E-state index is 0.288. The molecule has 0 N–H and O–H groups in total. The van der Waals surface area contributed by atoms with E-state index in [9.17, 15) is 4.39 Å². The van der Waals surface area contributed by atoms with Gasteiger partial charge in [-0.15, -0.1) is 10.2 Å². The van der Waals surface area contributed by atoms with Crippen LogP contribution in [-0.2, 0) is 0 Å². The van der Waals surface area contributed by atoms with Gasteiger partial charge in [0.2, 0.25) is 0 Å². The van der Waals surface area contributed by atoms with Crippen LogP contribution in [0.15, 0.2) is 82.7 Å². The molecular formula is C21H16BrFN4OS. The van der Waals surface area contributed by atoms with Crippen molar-refractivity contribution in [2.45, 2.75) is 5.16 Å². The largest absolute Gasteiger partial charge is 0.493 e. The summed E-state index contributed by atoms with van der Waals surface area (Å²) >= 11 is 4.94. The van der Waals surface area contributed by atoms with Gasteiger partial charge in [0.1, 0.15) is 11.6 Å². The molecule has 29 heavy (non-hydrogen) atoms. The molecule has 0 spiro atoms. The Balaban J connectivity index is 1.54. The monoisotopic (exact) mass is 470 g/mol. The highest BCUT2D eigenvalue weighted by Crippen LogP contribution is 2.28. The van der Waals surface area contributed by atoms with Crippen LogP contribution in [0.5, 0.6) is 5.75 Å². The van der Waals surface area contributed by atoms with E-state index in [1.54, 1.807) is 24.5 Å². The lowest BCUT2D eigenvalue weighted by atomic mass is 10.2. The first-order chi connectivity index (χ1) is 14.2. The average Bonchev–Trinajstić information content (AvgIpc) is 3.17. The molecule has 0 unspecified atom stereocenters. The van der Waals surface area contributed by atoms with Crippen molar-refractivity contribution in [3.8, 4) is 22.8 Å². The molecule has 2 aromatic heterocycles. The van der Waals surface area contributed by atoms with Crippen LogP contribution in [0.1, 0.15) is 0 Å². The second-order valence-electron chi connectivity index (χ2n) is 6.00. The summed E-state index contributed by atoms with van der Waals surface area (Å²) in [5, 5.41) is 9.41. The van der Waals surface area contributed by atoms with Gasteiger partial charge in [-0.1, -0.05) is 27.7 Å². The quantitative estimate of drug-likeness (QED) is 0.267. The first-order valence-electron chi connectivity index (χ1n) is 8.83. The van der Waals surface area contributed by atoms with Crippen LogP contribution in [0.25, 0.3) is 17.1 Å². The normalized spacial score (nSPS) is 10.8. The molecule has 0 saturated heterocycles. The molecule has 146 valence electrons. The number of ether oxygens (including phenoxy) is 1. The lowest BCUT2D eigenvalue weighted by Gasteiger charge is -2.11. The highest BCUT2D eigenvalue weighted by atomic mass is 79.9. The molecule has 0 atom stereocenters. The molecule has 0 fully saturated rings. The molecule has 0 amide bonds. The van der Waals surface area contributed by atoms with Crippen LogP contribution in [0.3, 0.4) is 0 Å². The standard InChI is InChI=1S/C21H16BrFN4OS/c22-16-1-7-19(8-2-16)28-13-14-29-21-26-25-20(15-9-11-24-12-10-15)27(21)18-5-3-17(23)4-6-18/h1-12H,13-14H2. The highest BCUT2D eigenvalue weighted by Gasteiger charge is 2.16. The van der Waals surface area contributed by atoms with Crippen LogP contribution in [0.4, 0.5) is 4.39 Å². The molecule has 4 rings (SSSR count). The predicted molar refractivity (Wildman–Crippen MR) is 115 cm³/mol. The SMILES string of the molecule is Fc1ccc(-n2c(SCCOc3ccc(Br)cc3)nnc2-c2ccncc2)cc1. The van der Waals surface area contributed by atoms with Gasteiger partial charge in [0.25, 0.3) is 0 Å². The van der Waals surface area contributed by atoms with E-state index in [1.807, 2.05) is 41.0 Å². The summed E-state index contributed by atoms with van der Waals surface area (Å²) in [7, 11) is 0. The Morgan fingerprint density at radius 1 is 0.931 bits per heavy atom. The van der Waals surface area contributed by atoms with Gasteiger partial charge in [0, 0.05) is 33.9 Å². The molecule has 2 aromatic carbocycles. The van der Waals surface area contributed by atoms with E-state index in [0.717, 1.165) is 21.5 Å². The first-order valence-corrected chi connectivity index (χ1v) is 10.6. The Kier molecular flexibility index (Phi) is 6.21. The van der Waals surface area contributed by atoms with E-state index >= 15 is 0 Å². The molecule has 4 aromatic rings. The first kappa shape index (κ1) is 19.6. The third-order valence-electron chi connectivity index (χ3n) is 4.05. The molecule has 5 nitrogen and oxygen atoms in total. The highest BCUT2D eigenvalue weighted by molar-refractivity contribution is 9.10. The number of halogens is 2. The minimum Gasteiger partial charge on any atom is -0.493 e. The average molecular weight is 471 g/mol. The topological polar surface area (TPSA) is 52.8 Å². The van der Waals surface area contributed by atoms with Crippen molar-refractivity contribution >= 4 is 27.7 Å². The fourth-order valence-electron chi connectivity index (χ4n) is 2.70. The summed E-state index contributed by atoms with van der Waals surface area (Å²) in [6.45, 7) is 0.521. The van der Waals surface area contributed by atoms with Crippen molar-refractivity contribution in [3.05, 3.63) is 83.3 Å². The number of aromatic nitrogens is 4. The molecule has 0 aliphatic rings. The van der Waals surface area contributed by atoms with Crippen LogP contribution >= 0.6 is 27.7 Å². The zero-order valence-corrected chi connectivity index (χ0v) is 17.6. The third-order valence-corrected chi connectivity index (χ3v) is 5.48. The molecular weight excluding hydrogens is 455 g/mol. The summed E-state index contributed by atoms with van der Waals surface area (Å²) in [4.78, 5) is 4.05. The smallest absolute Gasteiger partial charge is 0.196 e. The van der Waals surface area contributed by atoms with E-state index in [0.29, 0.717) is 23.3 Å². The summed E-state index contributed by atoms with van der Waals surface area (Å²) in [5.74, 6) is 1.89. The lowest BCUT2D eigenvalue weighted by Crippen LogP contribution is -2.03. The molecule has 0 saturated carbocycles. The fraction of sp³-hybridized carbons (Fsp3) is 0.0952. The maximum atomic E-state index is 13.4. The van der Waals surface area contributed by atoms with Crippen molar-refractivity contribution in [1.29, 1.82) is 0 Å². The summed E-state index contributed by atoms with van der Waals surface area (Å²) in [6.07, 6.45) is 3.41. The molecule has 2 heterocycles.